The maximum absolute atomic E-state index is 9.92. The lowest BCUT2D eigenvalue weighted by Gasteiger charge is -2.57. The molecule has 0 radical (unpaired) electrons. The lowest BCUT2D eigenvalue weighted by Crippen LogP contribution is -2.55. The molecule has 6 aliphatic rings. The third kappa shape index (κ3) is 6.52. The van der Waals surface area contributed by atoms with Crippen LogP contribution in [0.1, 0.15) is 124 Å². The number of unbranched alkanes of at least 4 members (excludes halogenated alkanes) is 3. The summed E-state index contributed by atoms with van der Waals surface area (Å²) in [4.78, 5) is 0. The summed E-state index contributed by atoms with van der Waals surface area (Å²) < 4.78 is 0. The Morgan fingerprint density at radius 2 is 1.28 bits per heavy atom. The van der Waals surface area contributed by atoms with E-state index in [1.807, 2.05) is 0 Å². The summed E-state index contributed by atoms with van der Waals surface area (Å²) in [7, 11) is 0. The van der Waals surface area contributed by atoms with Gasteiger partial charge in [-0.3, -0.25) is 5.32 Å². The quantitative estimate of drug-likeness (QED) is 0.152. The lowest BCUT2D eigenvalue weighted by atomic mass is 9.49. The summed E-state index contributed by atoms with van der Waals surface area (Å²) >= 11 is 0. The molecule has 0 aromatic heterocycles. The third-order valence-corrected chi connectivity index (χ3v) is 12.1. The molecule has 0 spiro atoms. The number of hydrogen-bond donors (Lipinski definition) is 4. The van der Waals surface area contributed by atoms with Crippen molar-refractivity contribution in [3.63, 3.8) is 0 Å². The Hall–Kier alpha value is -0.160. The van der Waals surface area contributed by atoms with E-state index >= 15 is 0 Å². The van der Waals surface area contributed by atoms with E-state index in [1.165, 1.54) is 89.9 Å². The summed E-state index contributed by atoms with van der Waals surface area (Å²) in [6, 6.07) is 0.595. The molecule has 6 rings (SSSR count). The average Bonchev–Trinajstić information content (AvgIpc) is 2.85. The summed E-state index contributed by atoms with van der Waals surface area (Å²) in [5.74, 6) is 5.56. The predicted molar refractivity (Wildman–Crippen MR) is 151 cm³/mol. The highest BCUT2D eigenvalue weighted by Crippen LogP contribution is 2.58. The molecule has 36 heavy (non-hydrogen) atoms. The molecule has 4 atom stereocenters. The highest BCUT2D eigenvalue weighted by atomic mass is 16.3. The molecule has 6 fully saturated rings. The van der Waals surface area contributed by atoms with E-state index in [9.17, 15) is 5.11 Å². The van der Waals surface area contributed by atoms with Crippen LogP contribution in [0.15, 0.2) is 0 Å². The number of aliphatic hydroxyl groups is 2. The van der Waals surface area contributed by atoms with Gasteiger partial charge in [0, 0.05) is 32.2 Å². The molecule has 4 N–H and O–H groups in total. The lowest BCUT2D eigenvalue weighted by molar-refractivity contribution is -0.0625. The maximum atomic E-state index is 9.92. The van der Waals surface area contributed by atoms with Gasteiger partial charge in [0.2, 0.25) is 0 Å². The molecule has 4 heteroatoms. The summed E-state index contributed by atoms with van der Waals surface area (Å²) in [6.45, 7) is 12.0. The van der Waals surface area contributed by atoms with E-state index in [0.29, 0.717) is 23.3 Å². The predicted octanol–water partition coefficient (Wildman–Crippen LogP) is 6.50. The Morgan fingerprint density at radius 1 is 0.694 bits per heavy atom. The van der Waals surface area contributed by atoms with Crippen molar-refractivity contribution in [3.8, 4) is 0 Å². The molecular formula is C32H60N2O2. The van der Waals surface area contributed by atoms with Crippen LogP contribution in [0.4, 0.5) is 0 Å². The van der Waals surface area contributed by atoms with Crippen molar-refractivity contribution in [2.45, 2.75) is 136 Å². The Kier molecular flexibility index (Phi) is 10.2. The number of fused-ring (bicyclic) bond motifs is 6. The number of rotatable bonds is 15. The van der Waals surface area contributed by atoms with Crippen molar-refractivity contribution < 1.29 is 10.2 Å². The first-order chi connectivity index (χ1) is 17.2. The van der Waals surface area contributed by atoms with Crippen LogP contribution in [0.3, 0.4) is 0 Å². The first-order valence-corrected chi connectivity index (χ1v) is 16.0. The standard InChI is InChI=1S/C32H60N2O2/c1-31(2)25-15-11-23(12-16-25)27(31)9-7-5-6-8-10-28(33-20-21-34-29(36)19-22-35)30-24-13-17-26(18-14-24)32(30,3)4/h23-30,33-36H,5-22H2,1-4H3. The van der Waals surface area contributed by atoms with E-state index in [4.69, 9.17) is 5.11 Å². The van der Waals surface area contributed by atoms with Crippen LogP contribution in [0, 0.1) is 46.3 Å². The van der Waals surface area contributed by atoms with Gasteiger partial charge in [-0.15, -0.1) is 0 Å². The van der Waals surface area contributed by atoms with Crippen LogP contribution in [0.2, 0.25) is 0 Å². The van der Waals surface area contributed by atoms with E-state index in [2.05, 4.69) is 38.3 Å². The van der Waals surface area contributed by atoms with Crippen molar-refractivity contribution in [2.24, 2.45) is 46.3 Å². The van der Waals surface area contributed by atoms with Crippen molar-refractivity contribution in [3.05, 3.63) is 0 Å². The van der Waals surface area contributed by atoms with Gasteiger partial charge in [0.25, 0.3) is 0 Å². The zero-order valence-corrected chi connectivity index (χ0v) is 24.2. The molecule has 0 aromatic carbocycles. The largest absolute Gasteiger partial charge is 0.396 e. The van der Waals surface area contributed by atoms with Gasteiger partial charge in [-0.1, -0.05) is 53.4 Å². The van der Waals surface area contributed by atoms with Crippen molar-refractivity contribution in [1.82, 2.24) is 10.6 Å². The van der Waals surface area contributed by atoms with Crippen LogP contribution in [0.25, 0.3) is 0 Å². The second-order valence-electron chi connectivity index (χ2n) is 14.5. The molecule has 0 saturated heterocycles. The van der Waals surface area contributed by atoms with E-state index < -0.39 is 6.23 Å². The average molecular weight is 505 g/mol. The molecule has 4 nitrogen and oxygen atoms in total. The van der Waals surface area contributed by atoms with Crippen LogP contribution in [-0.4, -0.2) is 42.2 Å². The van der Waals surface area contributed by atoms with Gasteiger partial charge in [-0.2, -0.15) is 0 Å². The van der Waals surface area contributed by atoms with Crippen LogP contribution < -0.4 is 10.6 Å². The Morgan fingerprint density at radius 3 is 1.89 bits per heavy atom. The minimum Gasteiger partial charge on any atom is -0.396 e. The minimum atomic E-state index is -0.596. The maximum Gasteiger partial charge on any atom is 0.107 e. The van der Waals surface area contributed by atoms with Gasteiger partial charge in [0.15, 0.2) is 0 Å². The Balaban J connectivity index is 1.23. The fraction of sp³-hybridized carbons (Fsp3) is 1.00. The Labute approximate surface area is 223 Å². The summed E-state index contributed by atoms with van der Waals surface area (Å²) in [5, 5.41) is 26.1. The highest BCUT2D eigenvalue weighted by molar-refractivity contribution is 5.02. The fourth-order valence-corrected chi connectivity index (χ4v) is 9.94. The normalized spacial score (nSPS) is 36.2. The first-order valence-electron chi connectivity index (χ1n) is 16.0. The SMILES string of the molecule is CC1(C)C2CCC(CC2)C1CCCCCCC(NCCNC(O)CCO)C1C2CCC(CC2)C1(C)C. The van der Waals surface area contributed by atoms with Crippen molar-refractivity contribution >= 4 is 0 Å². The van der Waals surface area contributed by atoms with Gasteiger partial charge in [0.05, 0.1) is 0 Å². The van der Waals surface area contributed by atoms with Crippen LogP contribution in [0.5, 0.6) is 0 Å². The zero-order valence-electron chi connectivity index (χ0n) is 24.2. The Bertz CT molecular complexity index is 649. The molecule has 0 aromatic rings. The van der Waals surface area contributed by atoms with Gasteiger partial charge >= 0.3 is 0 Å². The van der Waals surface area contributed by atoms with Gasteiger partial charge in [0.1, 0.15) is 6.23 Å². The highest BCUT2D eigenvalue weighted by Gasteiger charge is 2.51. The second-order valence-corrected chi connectivity index (χ2v) is 14.5. The molecule has 6 aliphatic carbocycles. The smallest absolute Gasteiger partial charge is 0.107 e. The molecule has 210 valence electrons. The molecular weight excluding hydrogens is 444 g/mol. The molecule has 4 unspecified atom stereocenters. The molecule has 0 heterocycles. The number of nitrogens with one attached hydrogen (secondary N) is 2. The second kappa shape index (κ2) is 12.8. The van der Waals surface area contributed by atoms with Gasteiger partial charge < -0.3 is 15.5 Å². The van der Waals surface area contributed by atoms with Crippen LogP contribution >= 0.6 is 0 Å². The fourth-order valence-electron chi connectivity index (χ4n) is 9.94. The minimum absolute atomic E-state index is 0.0308. The first kappa shape index (κ1) is 28.8. The van der Waals surface area contributed by atoms with Crippen LogP contribution in [-0.2, 0) is 0 Å². The van der Waals surface area contributed by atoms with E-state index in [-0.39, 0.29) is 6.61 Å². The van der Waals surface area contributed by atoms with E-state index in [1.54, 1.807) is 0 Å². The van der Waals surface area contributed by atoms with E-state index in [0.717, 1.165) is 48.6 Å². The van der Waals surface area contributed by atoms with Gasteiger partial charge in [-0.05, 0) is 111 Å². The van der Waals surface area contributed by atoms with Crippen molar-refractivity contribution in [2.75, 3.05) is 19.7 Å². The molecule has 0 aliphatic heterocycles. The topological polar surface area (TPSA) is 64.5 Å². The molecule has 0 amide bonds. The number of aliphatic hydroxyl groups excluding tert-OH is 2. The monoisotopic (exact) mass is 504 g/mol. The summed E-state index contributed by atoms with van der Waals surface area (Å²) in [5.41, 5.74) is 1.02. The molecule has 4 bridgehead atoms. The third-order valence-electron chi connectivity index (χ3n) is 12.1. The zero-order chi connectivity index (χ0) is 25.8. The molecule has 6 saturated carbocycles. The number of hydrogen-bond acceptors (Lipinski definition) is 4. The van der Waals surface area contributed by atoms with Crippen molar-refractivity contribution in [1.29, 1.82) is 0 Å². The summed E-state index contributed by atoms with van der Waals surface area (Å²) in [6.07, 6.45) is 19.9. The van der Waals surface area contributed by atoms with Gasteiger partial charge in [-0.25, -0.2) is 0 Å².